The predicted octanol–water partition coefficient (Wildman–Crippen LogP) is 2.67. The number of rotatable bonds is 3. The summed E-state index contributed by atoms with van der Waals surface area (Å²) in [5.74, 6) is -0.645. The van der Waals surface area contributed by atoms with Gasteiger partial charge in [-0.05, 0) is 31.5 Å². The summed E-state index contributed by atoms with van der Waals surface area (Å²) in [5, 5.41) is 8.73. The fourth-order valence-corrected chi connectivity index (χ4v) is 1.28. The molecule has 0 amide bonds. The molecule has 0 unspecified atom stereocenters. The minimum atomic E-state index is -3.02. The molecule has 0 aliphatic rings. The monoisotopic (exact) mass is 225 g/mol. The average molecular weight is 225 g/mol. The highest BCUT2D eigenvalue weighted by atomic mass is 19.3. The number of benzene rings is 1. The van der Waals surface area contributed by atoms with Crippen LogP contribution >= 0.6 is 0 Å². The highest BCUT2D eigenvalue weighted by Gasteiger charge is 2.15. The van der Waals surface area contributed by atoms with Crippen LogP contribution in [0.4, 0.5) is 8.78 Å². The highest BCUT2D eigenvalue weighted by Crippen LogP contribution is 2.25. The van der Waals surface area contributed by atoms with E-state index in [1.54, 1.807) is 6.92 Å². The first-order valence-electron chi connectivity index (χ1n) is 4.46. The van der Waals surface area contributed by atoms with E-state index in [0.29, 0.717) is 5.56 Å². The number of alkyl halides is 2. The molecule has 0 fully saturated rings. The van der Waals surface area contributed by atoms with Crippen LogP contribution in [0.3, 0.4) is 0 Å². The molecule has 0 saturated heterocycles. The fourth-order valence-electron chi connectivity index (χ4n) is 1.28. The van der Waals surface area contributed by atoms with Crippen LogP contribution in [-0.2, 0) is 0 Å². The third-order valence-electron chi connectivity index (χ3n) is 2.04. The summed E-state index contributed by atoms with van der Waals surface area (Å²) in [5.41, 5.74) is 0.812. The molecule has 0 aromatic heterocycles. The van der Waals surface area contributed by atoms with Gasteiger partial charge in [0.05, 0.1) is 17.2 Å². The number of nitrogens with zero attached hydrogens (tertiary/aromatic N) is 1. The number of hydrogen-bond donors (Lipinski definition) is 0. The number of halogens is 2. The largest absolute Gasteiger partial charge is 0.434 e. The lowest BCUT2D eigenvalue weighted by atomic mass is 10.0. The normalized spacial score (nSPS) is 10.0. The Hall–Kier alpha value is -1.96. The number of hydrogen-bond acceptors (Lipinski definition) is 3. The second kappa shape index (κ2) is 4.71. The summed E-state index contributed by atoms with van der Waals surface area (Å²) in [7, 11) is 0. The molecule has 0 saturated carbocycles. The fraction of sp³-hybridized carbons (Fsp3) is 0.273. The average Bonchev–Trinajstić information content (AvgIpc) is 2.19. The van der Waals surface area contributed by atoms with E-state index in [1.807, 2.05) is 6.07 Å². The Morgan fingerprint density at radius 2 is 2.12 bits per heavy atom. The summed E-state index contributed by atoms with van der Waals surface area (Å²) < 4.78 is 28.4. The van der Waals surface area contributed by atoms with Gasteiger partial charge in [0.25, 0.3) is 0 Å². The van der Waals surface area contributed by atoms with E-state index in [1.165, 1.54) is 13.0 Å². The molecule has 16 heavy (non-hydrogen) atoms. The van der Waals surface area contributed by atoms with Crippen LogP contribution < -0.4 is 4.74 Å². The lowest BCUT2D eigenvalue weighted by Gasteiger charge is -2.10. The minimum absolute atomic E-state index is 0.0526. The molecule has 3 nitrogen and oxygen atoms in total. The van der Waals surface area contributed by atoms with Crippen LogP contribution in [0.1, 0.15) is 28.4 Å². The van der Waals surface area contributed by atoms with Crippen LogP contribution in [0.2, 0.25) is 0 Å². The predicted molar refractivity (Wildman–Crippen MR) is 52.5 cm³/mol. The Kier molecular flexibility index (Phi) is 3.56. The SMILES string of the molecule is CC(=O)c1cc(C)c(C#N)cc1OC(F)F. The molecular formula is C11H9F2NO2. The van der Waals surface area contributed by atoms with Gasteiger partial charge in [0.15, 0.2) is 5.78 Å². The van der Waals surface area contributed by atoms with Crippen LogP contribution in [0.15, 0.2) is 12.1 Å². The van der Waals surface area contributed by atoms with Gasteiger partial charge in [-0.1, -0.05) is 0 Å². The Bertz CT molecular complexity index is 464. The van der Waals surface area contributed by atoms with Crippen LogP contribution in [0.5, 0.6) is 5.75 Å². The van der Waals surface area contributed by atoms with Crippen molar-refractivity contribution in [3.8, 4) is 11.8 Å². The Labute approximate surface area is 91.3 Å². The van der Waals surface area contributed by atoms with Crippen molar-refractivity contribution in [3.05, 3.63) is 28.8 Å². The van der Waals surface area contributed by atoms with Gasteiger partial charge in [0, 0.05) is 0 Å². The molecule has 1 rings (SSSR count). The van der Waals surface area contributed by atoms with Gasteiger partial charge >= 0.3 is 6.61 Å². The van der Waals surface area contributed by atoms with E-state index in [9.17, 15) is 13.6 Å². The molecule has 0 radical (unpaired) electrons. The molecule has 5 heteroatoms. The van der Waals surface area contributed by atoms with Gasteiger partial charge < -0.3 is 4.74 Å². The summed E-state index contributed by atoms with van der Waals surface area (Å²) in [6, 6.07) is 4.36. The first-order chi connectivity index (χ1) is 7.45. The van der Waals surface area contributed by atoms with Gasteiger partial charge in [-0.2, -0.15) is 14.0 Å². The van der Waals surface area contributed by atoms with Gasteiger partial charge in [-0.15, -0.1) is 0 Å². The lowest BCUT2D eigenvalue weighted by Crippen LogP contribution is -2.07. The van der Waals surface area contributed by atoms with Gasteiger partial charge in [0.2, 0.25) is 0 Å². The molecular weight excluding hydrogens is 216 g/mol. The molecule has 0 atom stereocenters. The minimum Gasteiger partial charge on any atom is -0.434 e. The Morgan fingerprint density at radius 3 is 2.56 bits per heavy atom. The van der Waals surface area contributed by atoms with Crippen molar-refractivity contribution in [1.82, 2.24) is 0 Å². The zero-order chi connectivity index (χ0) is 12.3. The maximum atomic E-state index is 12.1. The number of carbonyl (C=O) groups is 1. The van der Waals surface area contributed by atoms with Crippen LogP contribution in [0, 0.1) is 18.3 Å². The standard InChI is InChI=1S/C11H9F2NO2/c1-6-3-9(7(2)15)10(16-11(12)13)4-8(6)5-14/h3-4,11H,1-2H3. The Balaban J connectivity index is 3.32. The molecule has 0 spiro atoms. The maximum absolute atomic E-state index is 12.1. The zero-order valence-corrected chi connectivity index (χ0v) is 8.75. The van der Waals surface area contributed by atoms with E-state index in [4.69, 9.17) is 5.26 Å². The quantitative estimate of drug-likeness (QED) is 0.743. The summed E-state index contributed by atoms with van der Waals surface area (Å²) in [6.07, 6.45) is 0. The van der Waals surface area contributed by atoms with Crippen molar-refractivity contribution in [2.45, 2.75) is 20.5 Å². The van der Waals surface area contributed by atoms with E-state index < -0.39 is 6.61 Å². The molecule has 84 valence electrons. The first-order valence-corrected chi connectivity index (χ1v) is 4.46. The van der Waals surface area contributed by atoms with E-state index >= 15 is 0 Å². The number of nitriles is 1. The van der Waals surface area contributed by atoms with E-state index in [2.05, 4.69) is 4.74 Å². The molecule has 0 aliphatic heterocycles. The third kappa shape index (κ3) is 2.54. The topological polar surface area (TPSA) is 50.1 Å². The van der Waals surface area contributed by atoms with Crippen molar-refractivity contribution in [1.29, 1.82) is 5.26 Å². The van der Waals surface area contributed by atoms with Crippen molar-refractivity contribution < 1.29 is 18.3 Å². The summed E-state index contributed by atoms with van der Waals surface area (Å²) in [4.78, 5) is 11.2. The van der Waals surface area contributed by atoms with E-state index in [-0.39, 0.29) is 22.7 Å². The van der Waals surface area contributed by atoms with Gasteiger partial charge in [0.1, 0.15) is 5.75 Å². The smallest absolute Gasteiger partial charge is 0.387 e. The van der Waals surface area contributed by atoms with Crippen molar-refractivity contribution >= 4 is 5.78 Å². The van der Waals surface area contributed by atoms with E-state index in [0.717, 1.165) is 6.07 Å². The van der Waals surface area contributed by atoms with Crippen LogP contribution in [-0.4, -0.2) is 12.4 Å². The van der Waals surface area contributed by atoms with Gasteiger partial charge in [-0.3, -0.25) is 4.79 Å². The van der Waals surface area contributed by atoms with Crippen molar-refractivity contribution in [2.24, 2.45) is 0 Å². The molecule has 1 aromatic rings. The Morgan fingerprint density at radius 1 is 1.50 bits per heavy atom. The number of ketones is 1. The third-order valence-corrected chi connectivity index (χ3v) is 2.04. The summed E-state index contributed by atoms with van der Waals surface area (Å²) >= 11 is 0. The lowest BCUT2D eigenvalue weighted by molar-refractivity contribution is -0.0501. The molecule has 0 aliphatic carbocycles. The van der Waals surface area contributed by atoms with Crippen molar-refractivity contribution in [2.75, 3.05) is 0 Å². The molecule has 1 aromatic carbocycles. The molecule has 0 N–H and O–H groups in total. The summed E-state index contributed by atoms with van der Waals surface area (Å²) in [6.45, 7) is -0.150. The number of carbonyl (C=O) groups excluding carboxylic acids is 1. The number of Topliss-reactive ketones (excluding diaryl/α,β-unsaturated/α-hetero) is 1. The van der Waals surface area contributed by atoms with Crippen LogP contribution in [0.25, 0.3) is 0 Å². The zero-order valence-electron chi connectivity index (χ0n) is 8.75. The first kappa shape index (κ1) is 12.1. The maximum Gasteiger partial charge on any atom is 0.387 e. The second-order valence-corrected chi connectivity index (χ2v) is 3.21. The number of aryl methyl sites for hydroxylation is 1. The highest BCUT2D eigenvalue weighted by molar-refractivity contribution is 5.97. The van der Waals surface area contributed by atoms with Crippen molar-refractivity contribution in [3.63, 3.8) is 0 Å². The number of ether oxygens (including phenoxy) is 1. The van der Waals surface area contributed by atoms with Gasteiger partial charge in [-0.25, -0.2) is 0 Å². The molecule has 0 bridgehead atoms. The second-order valence-electron chi connectivity index (χ2n) is 3.21. The molecule has 0 heterocycles.